The van der Waals surface area contributed by atoms with Gasteiger partial charge in [-0.05, 0) is 36.7 Å². The molecule has 84 valence electrons. The van der Waals surface area contributed by atoms with Crippen molar-refractivity contribution >= 4 is 11.8 Å². The third-order valence-corrected chi connectivity index (χ3v) is 2.90. The number of aromatic nitrogens is 3. The summed E-state index contributed by atoms with van der Waals surface area (Å²) in [6, 6.07) is 4.22. The second kappa shape index (κ2) is 5.14. The molecular formula is C11H14N4S. The van der Waals surface area contributed by atoms with E-state index < -0.39 is 0 Å². The Kier molecular flexibility index (Phi) is 3.58. The number of hydrogen-bond acceptors (Lipinski definition) is 4. The molecule has 0 bridgehead atoms. The van der Waals surface area contributed by atoms with Crippen molar-refractivity contribution in [1.82, 2.24) is 15.0 Å². The van der Waals surface area contributed by atoms with Crippen LogP contribution >= 0.6 is 11.8 Å². The first-order valence-corrected chi connectivity index (χ1v) is 5.93. The molecule has 0 fully saturated rings. The molecule has 0 radical (unpaired) electrons. The fraction of sp³-hybridized carbons (Fsp3) is 0.273. The molecule has 0 spiro atoms. The van der Waals surface area contributed by atoms with Crippen LogP contribution in [0.25, 0.3) is 0 Å². The molecule has 1 atom stereocenters. The third-order valence-electron chi connectivity index (χ3n) is 2.03. The van der Waals surface area contributed by atoms with E-state index in [9.17, 15) is 0 Å². The third kappa shape index (κ3) is 3.08. The lowest BCUT2D eigenvalue weighted by Gasteiger charge is -2.04. The Hall–Kier alpha value is -1.33. The summed E-state index contributed by atoms with van der Waals surface area (Å²) >= 11 is 1.51. The van der Waals surface area contributed by atoms with Gasteiger partial charge >= 0.3 is 0 Å². The average Bonchev–Trinajstić information content (AvgIpc) is 2.73. The predicted octanol–water partition coefficient (Wildman–Crippen LogP) is 1.85. The van der Waals surface area contributed by atoms with Crippen molar-refractivity contribution in [3.05, 3.63) is 36.3 Å². The molecule has 2 aromatic rings. The van der Waals surface area contributed by atoms with Crippen molar-refractivity contribution in [2.45, 2.75) is 29.6 Å². The minimum Gasteiger partial charge on any atom is -0.339 e. The van der Waals surface area contributed by atoms with E-state index in [4.69, 9.17) is 5.73 Å². The van der Waals surface area contributed by atoms with Gasteiger partial charge in [-0.25, -0.2) is 9.97 Å². The van der Waals surface area contributed by atoms with Crippen molar-refractivity contribution < 1.29 is 0 Å². The number of pyridine rings is 1. The molecule has 3 N–H and O–H groups in total. The maximum Gasteiger partial charge on any atom is 0.171 e. The number of imidazole rings is 1. The highest BCUT2D eigenvalue weighted by Crippen LogP contribution is 2.21. The second-order valence-corrected chi connectivity index (χ2v) is 4.69. The van der Waals surface area contributed by atoms with E-state index in [0.29, 0.717) is 0 Å². The van der Waals surface area contributed by atoms with Crippen LogP contribution in [0.5, 0.6) is 0 Å². The fourth-order valence-corrected chi connectivity index (χ4v) is 2.05. The monoisotopic (exact) mass is 234 g/mol. The Balaban J connectivity index is 2.02. The first kappa shape index (κ1) is 11.2. The quantitative estimate of drug-likeness (QED) is 0.847. The lowest BCUT2D eigenvalue weighted by molar-refractivity contribution is 0.734. The Bertz CT molecular complexity index is 422. The van der Waals surface area contributed by atoms with Gasteiger partial charge in [0.2, 0.25) is 0 Å². The van der Waals surface area contributed by atoms with Crippen molar-refractivity contribution in [2.24, 2.45) is 5.73 Å². The summed E-state index contributed by atoms with van der Waals surface area (Å²) in [6.45, 7) is 1.99. The Labute approximate surface area is 98.7 Å². The predicted molar refractivity (Wildman–Crippen MR) is 64.3 cm³/mol. The zero-order chi connectivity index (χ0) is 11.4. The van der Waals surface area contributed by atoms with Crippen molar-refractivity contribution in [3.8, 4) is 0 Å². The lowest BCUT2D eigenvalue weighted by Crippen LogP contribution is -2.17. The minimum absolute atomic E-state index is 0.172. The van der Waals surface area contributed by atoms with E-state index in [1.807, 2.05) is 19.2 Å². The smallest absolute Gasteiger partial charge is 0.171 e. The molecule has 0 saturated heterocycles. The molecule has 5 heteroatoms. The maximum atomic E-state index is 5.72. The lowest BCUT2D eigenvalue weighted by atomic mass is 10.1. The topological polar surface area (TPSA) is 67.6 Å². The maximum absolute atomic E-state index is 5.72. The van der Waals surface area contributed by atoms with E-state index in [0.717, 1.165) is 16.6 Å². The van der Waals surface area contributed by atoms with Crippen molar-refractivity contribution in [1.29, 1.82) is 0 Å². The summed E-state index contributed by atoms with van der Waals surface area (Å²) in [7, 11) is 0. The summed E-state index contributed by atoms with van der Waals surface area (Å²) in [6.07, 6.45) is 6.26. The highest BCUT2D eigenvalue weighted by Gasteiger charge is 2.02. The van der Waals surface area contributed by atoms with Gasteiger partial charge in [0.05, 0.1) is 0 Å². The SMILES string of the molecule is CC(N)Cc1ccc(Sc2ncc[nH]2)nc1. The average molecular weight is 234 g/mol. The minimum atomic E-state index is 0.172. The zero-order valence-electron chi connectivity index (χ0n) is 9.05. The van der Waals surface area contributed by atoms with Gasteiger partial charge in [-0.2, -0.15) is 0 Å². The van der Waals surface area contributed by atoms with E-state index in [1.54, 1.807) is 12.4 Å². The van der Waals surface area contributed by atoms with Gasteiger partial charge in [0.15, 0.2) is 5.16 Å². The number of nitrogens with two attached hydrogens (primary N) is 1. The van der Waals surface area contributed by atoms with Gasteiger partial charge in [-0.15, -0.1) is 0 Å². The Morgan fingerprint density at radius 3 is 2.88 bits per heavy atom. The van der Waals surface area contributed by atoms with Gasteiger partial charge in [-0.3, -0.25) is 0 Å². The Morgan fingerprint density at radius 1 is 1.44 bits per heavy atom. The Morgan fingerprint density at radius 2 is 2.31 bits per heavy atom. The zero-order valence-corrected chi connectivity index (χ0v) is 9.87. The van der Waals surface area contributed by atoms with Crippen LogP contribution in [-0.4, -0.2) is 21.0 Å². The van der Waals surface area contributed by atoms with Crippen LogP contribution in [0, 0.1) is 0 Å². The van der Waals surface area contributed by atoms with Crippen LogP contribution in [-0.2, 0) is 6.42 Å². The first-order chi connectivity index (χ1) is 7.74. The molecular weight excluding hydrogens is 220 g/mol. The van der Waals surface area contributed by atoms with Gasteiger partial charge in [0.25, 0.3) is 0 Å². The fourth-order valence-electron chi connectivity index (χ4n) is 1.37. The molecule has 4 nitrogen and oxygen atoms in total. The van der Waals surface area contributed by atoms with Crippen LogP contribution in [0.3, 0.4) is 0 Å². The number of rotatable bonds is 4. The molecule has 2 aromatic heterocycles. The van der Waals surface area contributed by atoms with E-state index in [-0.39, 0.29) is 6.04 Å². The van der Waals surface area contributed by atoms with Crippen molar-refractivity contribution in [2.75, 3.05) is 0 Å². The number of aromatic amines is 1. The summed E-state index contributed by atoms with van der Waals surface area (Å²) in [5.74, 6) is 0. The van der Waals surface area contributed by atoms with Crippen LogP contribution in [0.4, 0.5) is 0 Å². The van der Waals surface area contributed by atoms with Crippen LogP contribution < -0.4 is 5.73 Å². The highest BCUT2D eigenvalue weighted by molar-refractivity contribution is 7.99. The molecule has 0 aromatic carbocycles. The second-order valence-electron chi connectivity index (χ2n) is 3.68. The number of H-pyrrole nitrogens is 1. The molecule has 2 rings (SSSR count). The number of hydrogen-bond donors (Lipinski definition) is 2. The van der Waals surface area contributed by atoms with Gasteiger partial charge < -0.3 is 10.7 Å². The largest absolute Gasteiger partial charge is 0.339 e. The van der Waals surface area contributed by atoms with E-state index in [2.05, 4.69) is 21.0 Å². The van der Waals surface area contributed by atoms with Crippen LogP contribution in [0.15, 0.2) is 40.9 Å². The molecule has 1 unspecified atom stereocenters. The van der Waals surface area contributed by atoms with Crippen molar-refractivity contribution in [3.63, 3.8) is 0 Å². The molecule has 0 aliphatic carbocycles. The molecule has 0 aliphatic heterocycles. The highest BCUT2D eigenvalue weighted by atomic mass is 32.2. The number of nitrogens with one attached hydrogen (secondary N) is 1. The summed E-state index contributed by atoms with van der Waals surface area (Å²) in [5.41, 5.74) is 6.89. The first-order valence-electron chi connectivity index (χ1n) is 5.12. The number of nitrogens with zero attached hydrogens (tertiary/aromatic N) is 2. The van der Waals surface area contributed by atoms with Gasteiger partial charge in [0.1, 0.15) is 5.03 Å². The normalized spacial score (nSPS) is 12.6. The molecule has 0 saturated carbocycles. The van der Waals surface area contributed by atoms with Crippen LogP contribution in [0.1, 0.15) is 12.5 Å². The van der Waals surface area contributed by atoms with Gasteiger partial charge in [0, 0.05) is 24.6 Å². The van der Waals surface area contributed by atoms with E-state index in [1.165, 1.54) is 17.3 Å². The summed E-state index contributed by atoms with van der Waals surface area (Å²) in [4.78, 5) is 11.5. The molecule has 0 aliphatic rings. The molecule has 0 amide bonds. The summed E-state index contributed by atoms with van der Waals surface area (Å²) < 4.78 is 0. The summed E-state index contributed by atoms with van der Waals surface area (Å²) in [5, 5.41) is 1.79. The standard InChI is InChI=1S/C11H14N4S/c1-8(12)6-9-2-3-10(15-7-9)16-11-13-4-5-14-11/h2-5,7-8H,6,12H2,1H3,(H,13,14). The van der Waals surface area contributed by atoms with Gasteiger partial charge in [-0.1, -0.05) is 6.07 Å². The van der Waals surface area contributed by atoms with E-state index >= 15 is 0 Å². The molecule has 2 heterocycles. The molecule has 16 heavy (non-hydrogen) atoms. The van der Waals surface area contributed by atoms with Crippen LogP contribution in [0.2, 0.25) is 0 Å².